The molecule has 0 bridgehead atoms. The molecule has 3 aromatic rings. The number of aromatic nitrogens is 2. The zero-order valence-electron chi connectivity index (χ0n) is 15.0. The predicted octanol–water partition coefficient (Wildman–Crippen LogP) is 3.67. The monoisotopic (exact) mass is 357 g/mol. The molecule has 5 heteroatoms. The number of ether oxygens (including phenoxy) is 1. The number of para-hydroxylation sites is 1. The first kappa shape index (κ1) is 16.9. The zero-order valence-corrected chi connectivity index (χ0v) is 15.0. The number of terminal acetylenes is 1. The molecule has 1 aromatic heterocycles. The predicted molar refractivity (Wildman–Crippen MR) is 104 cm³/mol. The van der Waals surface area contributed by atoms with Gasteiger partial charge in [-0.25, -0.2) is 4.68 Å². The number of rotatable bonds is 4. The molecule has 0 saturated carbocycles. The van der Waals surface area contributed by atoms with E-state index in [4.69, 9.17) is 11.2 Å². The SMILES string of the molecule is C#CCOc1ccc(C2CC(=O)Nc3c2cnn3-c2ccccc2C)cc1. The first-order valence-corrected chi connectivity index (χ1v) is 8.77. The van der Waals surface area contributed by atoms with E-state index in [1.807, 2.05) is 61.7 Å². The second-order valence-corrected chi connectivity index (χ2v) is 6.51. The summed E-state index contributed by atoms with van der Waals surface area (Å²) in [6.45, 7) is 2.26. The number of nitrogens with zero attached hydrogens (tertiary/aromatic N) is 2. The van der Waals surface area contributed by atoms with Crippen LogP contribution in [0.3, 0.4) is 0 Å². The number of benzene rings is 2. The summed E-state index contributed by atoms with van der Waals surface area (Å²) in [5, 5.41) is 7.54. The van der Waals surface area contributed by atoms with Crippen molar-refractivity contribution in [2.24, 2.45) is 0 Å². The quantitative estimate of drug-likeness (QED) is 0.725. The Labute approximate surface area is 158 Å². The molecule has 0 saturated heterocycles. The molecule has 0 aliphatic carbocycles. The lowest BCUT2D eigenvalue weighted by atomic mass is 9.87. The maximum absolute atomic E-state index is 12.4. The highest BCUT2D eigenvalue weighted by atomic mass is 16.5. The fourth-order valence-corrected chi connectivity index (χ4v) is 3.42. The Morgan fingerprint density at radius 1 is 1.26 bits per heavy atom. The number of hydrogen-bond acceptors (Lipinski definition) is 3. The number of carbonyl (C=O) groups is 1. The van der Waals surface area contributed by atoms with Gasteiger partial charge >= 0.3 is 0 Å². The van der Waals surface area contributed by atoms with E-state index >= 15 is 0 Å². The lowest BCUT2D eigenvalue weighted by molar-refractivity contribution is -0.116. The first-order chi connectivity index (χ1) is 13.2. The van der Waals surface area contributed by atoms with Crippen LogP contribution in [0.25, 0.3) is 5.69 Å². The maximum Gasteiger partial charge on any atom is 0.226 e. The molecule has 0 radical (unpaired) electrons. The standard InChI is InChI=1S/C22H19N3O2/c1-3-12-27-17-10-8-16(9-11-17)18-13-21(26)24-22-19(18)14-23-25(22)20-7-5-4-6-15(20)2/h1,4-11,14,18H,12-13H2,2H3,(H,24,26). The third-order valence-electron chi connectivity index (χ3n) is 4.77. The highest BCUT2D eigenvalue weighted by Crippen LogP contribution is 2.38. The summed E-state index contributed by atoms with van der Waals surface area (Å²) in [4.78, 5) is 12.4. The van der Waals surface area contributed by atoms with Gasteiger partial charge in [0.05, 0.1) is 11.9 Å². The van der Waals surface area contributed by atoms with E-state index in [0.29, 0.717) is 12.2 Å². The highest BCUT2D eigenvalue weighted by Gasteiger charge is 2.30. The van der Waals surface area contributed by atoms with Gasteiger partial charge < -0.3 is 10.1 Å². The molecule has 2 aromatic carbocycles. The number of carbonyl (C=O) groups excluding carboxylic acids is 1. The van der Waals surface area contributed by atoms with Crippen molar-refractivity contribution >= 4 is 11.7 Å². The molecule has 1 aliphatic heterocycles. The van der Waals surface area contributed by atoms with Gasteiger partial charge in [-0.05, 0) is 36.2 Å². The van der Waals surface area contributed by atoms with Crippen LogP contribution in [0.1, 0.15) is 29.0 Å². The van der Waals surface area contributed by atoms with Gasteiger partial charge in [0.25, 0.3) is 0 Å². The molecule has 0 spiro atoms. The van der Waals surface area contributed by atoms with E-state index in [-0.39, 0.29) is 18.4 Å². The van der Waals surface area contributed by atoms with E-state index in [2.05, 4.69) is 16.3 Å². The van der Waals surface area contributed by atoms with Gasteiger partial charge in [0.1, 0.15) is 18.2 Å². The fraction of sp³-hybridized carbons (Fsp3) is 0.182. The van der Waals surface area contributed by atoms with Crippen LogP contribution in [0.5, 0.6) is 5.75 Å². The van der Waals surface area contributed by atoms with Crippen molar-refractivity contribution in [3.05, 3.63) is 71.4 Å². The van der Waals surface area contributed by atoms with Crippen molar-refractivity contribution in [2.45, 2.75) is 19.3 Å². The third kappa shape index (κ3) is 3.18. The zero-order chi connectivity index (χ0) is 18.8. The average Bonchev–Trinajstić information content (AvgIpc) is 3.10. The molecule has 1 atom stereocenters. The second-order valence-electron chi connectivity index (χ2n) is 6.51. The lowest BCUT2D eigenvalue weighted by Crippen LogP contribution is -2.24. The largest absolute Gasteiger partial charge is 0.481 e. The molecule has 1 aliphatic rings. The fourth-order valence-electron chi connectivity index (χ4n) is 3.42. The molecular formula is C22H19N3O2. The minimum absolute atomic E-state index is 0.0181. The van der Waals surface area contributed by atoms with Gasteiger partial charge in [-0.15, -0.1) is 6.42 Å². The molecular weight excluding hydrogens is 338 g/mol. The lowest BCUT2D eigenvalue weighted by Gasteiger charge is -2.24. The number of anilines is 1. The molecule has 4 rings (SSSR count). The number of amides is 1. The van der Waals surface area contributed by atoms with E-state index in [9.17, 15) is 4.79 Å². The van der Waals surface area contributed by atoms with Crippen molar-refractivity contribution in [1.82, 2.24) is 9.78 Å². The molecule has 1 amide bonds. The molecule has 1 N–H and O–H groups in total. The van der Waals surface area contributed by atoms with Crippen molar-refractivity contribution in [3.63, 3.8) is 0 Å². The van der Waals surface area contributed by atoms with Crippen LogP contribution in [0.15, 0.2) is 54.7 Å². The summed E-state index contributed by atoms with van der Waals surface area (Å²) in [5.74, 6) is 3.83. The summed E-state index contributed by atoms with van der Waals surface area (Å²) in [7, 11) is 0. The maximum atomic E-state index is 12.4. The van der Waals surface area contributed by atoms with E-state index in [1.165, 1.54) is 0 Å². The normalized spacial score (nSPS) is 15.6. The van der Waals surface area contributed by atoms with Crippen LogP contribution in [-0.2, 0) is 4.79 Å². The molecule has 134 valence electrons. The Balaban J connectivity index is 1.71. The van der Waals surface area contributed by atoms with Gasteiger partial charge in [-0.3, -0.25) is 4.79 Å². The molecule has 27 heavy (non-hydrogen) atoms. The third-order valence-corrected chi connectivity index (χ3v) is 4.77. The van der Waals surface area contributed by atoms with E-state index in [0.717, 1.165) is 28.2 Å². The van der Waals surface area contributed by atoms with Gasteiger partial charge in [-0.2, -0.15) is 5.10 Å². The molecule has 0 fully saturated rings. The van der Waals surface area contributed by atoms with Gasteiger partial charge in [0.15, 0.2) is 0 Å². The van der Waals surface area contributed by atoms with E-state index in [1.54, 1.807) is 4.68 Å². The Hall–Kier alpha value is -3.52. The number of hydrogen-bond donors (Lipinski definition) is 1. The van der Waals surface area contributed by atoms with E-state index < -0.39 is 0 Å². The minimum atomic E-state index is -0.0480. The van der Waals surface area contributed by atoms with Crippen LogP contribution >= 0.6 is 0 Å². The first-order valence-electron chi connectivity index (χ1n) is 8.77. The van der Waals surface area contributed by atoms with Crippen molar-refractivity contribution < 1.29 is 9.53 Å². The van der Waals surface area contributed by atoms with Crippen molar-refractivity contribution in [1.29, 1.82) is 0 Å². The van der Waals surface area contributed by atoms with Gasteiger partial charge in [-0.1, -0.05) is 36.3 Å². The number of nitrogens with one attached hydrogen (secondary N) is 1. The smallest absolute Gasteiger partial charge is 0.226 e. The Morgan fingerprint density at radius 3 is 2.78 bits per heavy atom. The summed E-state index contributed by atoms with van der Waals surface area (Å²) < 4.78 is 7.24. The van der Waals surface area contributed by atoms with Gasteiger partial charge in [0, 0.05) is 17.9 Å². The topological polar surface area (TPSA) is 56.1 Å². The van der Waals surface area contributed by atoms with Gasteiger partial charge in [0.2, 0.25) is 5.91 Å². The Morgan fingerprint density at radius 2 is 2.04 bits per heavy atom. The van der Waals surface area contributed by atoms with Crippen LogP contribution < -0.4 is 10.1 Å². The second kappa shape index (κ2) is 7.00. The number of aryl methyl sites for hydroxylation is 1. The van der Waals surface area contributed by atoms with Crippen LogP contribution in [0.2, 0.25) is 0 Å². The Bertz CT molecular complexity index is 1030. The number of fused-ring (bicyclic) bond motifs is 1. The molecule has 5 nitrogen and oxygen atoms in total. The average molecular weight is 357 g/mol. The van der Waals surface area contributed by atoms with Crippen LogP contribution in [0, 0.1) is 19.3 Å². The summed E-state index contributed by atoms with van der Waals surface area (Å²) in [6, 6.07) is 15.7. The van der Waals surface area contributed by atoms with Crippen LogP contribution in [-0.4, -0.2) is 22.3 Å². The highest BCUT2D eigenvalue weighted by molar-refractivity contribution is 5.94. The summed E-state index contributed by atoms with van der Waals surface area (Å²) >= 11 is 0. The molecule has 1 unspecified atom stereocenters. The minimum Gasteiger partial charge on any atom is -0.481 e. The summed E-state index contributed by atoms with van der Waals surface area (Å²) in [6.07, 6.45) is 7.45. The summed E-state index contributed by atoms with van der Waals surface area (Å²) in [5.41, 5.74) is 4.10. The molecule has 2 heterocycles. The van der Waals surface area contributed by atoms with Crippen LogP contribution in [0.4, 0.5) is 5.82 Å². The van der Waals surface area contributed by atoms with Crippen molar-refractivity contribution in [2.75, 3.05) is 11.9 Å². The Kier molecular flexibility index (Phi) is 4.39. The van der Waals surface area contributed by atoms with Crippen molar-refractivity contribution in [3.8, 4) is 23.8 Å².